The highest BCUT2D eigenvalue weighted by Crippen LogP contribution is 2.30. The van der Waals surface area contributed by atoms with Gasteiger partial charge in [-0.1, -0.05) is 45.0 Å². The Kier molecular flexibility index (Phi) is 4.60. The molecule has 0 saturated carbocycles. The fourth-order valence-corrected chi connectivity index (χ4v) is 2.34. The summed E-state index contributed by atoms with van der Waals surface area (Å²) >= 11 is 0. The first-order valence-corrected chi connectivity index (χ1v) is 7.02. The molecule has 1 heterocycles. The first kappa shape index (κ1) is 15.5. The molecule has 0 saturated heterocycles. The number of pyridine rings is 1. The molecule has 1 aromatic heterocycles. The fourth-order valence-electron chi connectivity index (χ4n) is 2.34. The highest BCUT2D eigenvalue weighted by Gasteiger charge is 2.18. The van der Waals surface area contributed by atoms with Crippen molar-refractivity contribution in [3.05, 3.63) is 59.4 Å². The number of rotatable bonds is 4. The fraction of sp³-hybridized carbons (Fsp3) is 0.353. The lowest BCUT2D eigenvalue weighted by Gasteiger charge is -2.22. The summed E-state index contributed by atoms with van der Waals surface area (Å²) in [6.07, 6.45) is 3.44. The van der Waals surface area contributed by atoms with E-state index in [9.17, 15) is 0 Å². The highest BCUT2D eigenvalue weighted by molar-refractivity contribution is 5.40. The van der Waals surface area contributed by atoms with Crippen LogP contribution in [-0.2, 0) is 5.41 Å². The normalized spacial score (nSPS) is 13.0. The Hall–Kier alpha value is -1.91. The summed E-state index contributed by atoms with van der Waals surface area (Å²) in [5.74, 6) is 6.48. The Morgan fingerprint density at radius 1 is 1.14 bits per heavy atom. The Bertz CT molecular complexity index is 588. The van der Waals surface area contributed by atoms with Crippen molar-refractivity contribution in [3.63, 3.8) is 0 Å². The van der Waals surface area contributed by atoms with Gasteiger partial charge in [-0.15, -0.1) is 0 Å². The van der Waals surface area contributed by atoms with Crippen LogP contribution in [0.25, 0.3) is 0 Å². The van der Waals surface area contributed by atoms with Crippen molar-refractivity contribution < 1.29 is 4.74 Å². The van der Waals surface area contributed by atoms with Crippen molar-refractivity contribution in [1.82, 2.24) is 10.4 Å². The maximum absolute atomic E-state index is 5.76. The third-order valence-electron chi connectivity index (χ3n) is 3.62. The minimum absolute atomic E-state index is 0.128. The first-order chi connectivity index (χ1) is 9.97. The van der Waals surface area contributed by atoms with Crippen molar-refractivity contribution in [1.29, 1.82) is 0 Å². The van der Waals surface area contributed by atoms with Gasteiger partial charge in [0.15, 0.2) is 0 Å². The minimum Gasteiger partial charge on any atom is -0.495 e. The van der Waals surface area contributed by atoms with Crippen molar-refractivity contribution >= 4 is 0 Å². The lowest BCUT2D eigenvalue weighted by molar-refractivity contribution is 0.402. The topological polar surface area (TPSA) is 60.2 Å². The minimum atomic E-state index is -0.128. The monoisotopic (exact) mass is 285 g/mol. The van der Waals surface area contributed by atoms with E-state index in [1.54, 1.807) is 19.5 Å². The molecule has 21 heavy (non-hydrogen) atoms. The van der Waals surface area contributed by atoms with Crippen LogP contribution in [-0.4, -0.2) is 12.1 Å². The van der Waals surface area contributed by atoms with Gasteiger partial charge in [-0.25, -0.2) is 5.43 Å². The smallest absolute Gasteiger partial charge is 0.142 e. The van der Waals surface area contributed by atoms with Crippen LogP contribution in [0.3, 0.4) is 0 Å². The van der Waals surface area contributed by atoms with E-state index in [0.29, 0.717) is 0 Å². The second-order valence-corrected chi connectivity index (χ2v) is 6.09. The molecule has 2 rings (SSSR count). The first-order valence-electron chi connectivity index (χ1n) is 7.02. The lowest BCUT2D eigenvalue weighted by atomic mass is 9.86. The summed E-state index contributed by atoms with van der Waals surface area (Å²) in [7, 11) is 1.64. The molecule has 0 bridgehead atoms. The van der Waals surface area contributed by atoms with Crippen LogP contribution in [0, 0.1) is 0 Å². The Morgan fingerprint density at radius 3 is 2.33 bits per heavy atom. The van der Waals surface area contributed by atoms with Crippen LogP contribution in [0.1, 0.15) is 43.5 Å². The molecule has 0 aliphatic rings. The summed E-state index contributed by atoms with van der Waals surface area (Å²) in [5, 5.41) is 0. The van der Waals surface area contributed by atoms with E-state index in [0.717, 1.165) is 16.9 Å². The number of methoxy groups -OCH3 is 1. The maximum Gasteiger partial charge on any atom is 0.142 e. The molecule has 0 amide bonds. The van der Waals surface area contributed by atoms with Gasteiger partial charge in [0.1, 0.15) is 5.75 Å². The van der Waals surface area contributed by atoms with Crippen molar-refractivity contribution in [2.45, 2.75) is 32.2 Å². The molecule has 1 aromatic carbocycles. The third kappa shape index (κ3) is 3.40. The quantitative estimate of drug-likeness (QED) is 0.670. The summed E-state index contributed by atoms with van der Waals surface area (Å²) in [6.45, 7) is 6.60. The zero-order valence-electron chi connectivity index (χ0n) is 13.1. The van der Waals surface area contributed by atoms with Crippen LogP contribution in [0.5, 0.6) is 5.75 Å². The number of hydrogen-bond acceptors (Lipinski definition) is 4. The van der Waals surface area contributed by atoms with Crippen LogP contribution in [0.4, 0.5) is 0 Å². The second kappa shape index (κ2) is 6.24. The van der Waals surface area contributed by atoms with Gasteiger partial charge >= 0.3 is 0 Å². The largest absolute Gasteiger partial charge is 0.495 e. The van der Waals surface area contributed by atoms with Crippen LogP contribution in [0.15, 0.2) is 42.7 Å². The summed E-state index contributed by atoms with van der Waals surface area (Å²) in [4.78, 5) is 4.08. The molecule has 4 heteroatoms. The van der Waals surface area contributed by atoms with Crippen LogP contribution < -0.4 is 16.0 Å². The van der Waals surface area contributed by atoms with Gasteiger partial charge in [-0.05, 0) is 22.6 Å². The standard InChI is InChI=1S/C17H23N3O/c1-17(2,3)13-7-5-12(6-8-13)16(20-18)14-9-10-19-11-15(14)21-4/h5-11,16,20H,18H2,1-4H3. The predicted molar refractivity (Wildman–Crippen MR) is 85.1 cm³/mol. The molecule has 4 nitrogen and oxygen atoms in total. The van der Waals surface area contributed by atoms with E-state index >= 15 is 0 Å². The van der Waals surface area contributed by atoms with E-state index in [4.69, 9.17) is 10.6 Å². The summed E-state index contributed by atoms with van der Waals surface area (Å²) in [5.41, 5.74) is 6.36. The number of ether oxygens (including phenoxy) is 1. The Labute approximate surface area is 126 Å². The maximum atomic E-state index is 5.76. The molecule has 1 unspecified atom stereocenters. The van der Waals surface area contributed by atoms with Gasteiger partial charge in [0.05, 0.1) is 19.3 Å². The average Bonchev–Trinajstić information content (AvgIpc) is 2.48. The number of nitrogens with one attached hydrogen (secondary N) is 1. The van der Waals surface area contributed by atoms with Crippen molar-refractivity contribution in [3.8, 4) is 5.75 Å². The van der Waals surface area contributed by atoms with Gasteiger partial charge in [-0.2, -0.15) is 0 Å². The second-order valence-electron chi connectivity index (χ2n) is 6.09. The molecule has 112 valence electrons. The molecule has 0 aliphatic carbocycles. The summed E-state index contributed by atoms with van der Waals surface area (Å²) < 4.78 is 5.37. The number of hydrazine groups is 1. The van der Waals surface area contributed by atoms with E-state index < -0.39 is 0 Å². The molecule has 0 spiro atoms. The van der Waals surface area contributed by atoms with Crippen molar-refractivity contribution in [2.75, 3.05) is 7.11 Å². The number of nitrogens with two attached hydrogens (primary N) is 1. The number of hydrogen-bond donors (Lipinski definition) is 2. The third-order valence-corrected chi connectivity index (χ3v) is 3.62. The zero-order chi connectivity index (χ0) is 15.5. The van der Waals surface area contributed by atoms with E-state index in [2.05, 4.69) is 55.4 Å². The average molecular weight is 285 g/mol. The van der Waals surface area contributed by atoms with E-state index in [1.807, 2.05) is 6.07 Å². The summed E-state index contributed by atoms with van der Waals surface area (Å²) in [6, 6.07) is 10.3. The zero-order valence-corrected chi connectivity index (χ0v) is 13.1. The molecule has 0 aliphatic heterocycles. The molecular formula is C17H23N3O. The molecule has 0 fully saturated rings. The van der Waals surface area contributed by atoms with Gasteiger partial charge in [0, 0.05) is 11.8 Å². The molecule has 0 radical (unpaired) electrons. The Balaban J connectivity index is 2.38. The van der Waals surface area contributed by atoms with Gasteiger partial charge in [0.2, 0.25) is 0 Å². The lowest BCUT2D eigenvalue weighted by Crippen LogP contribution is -2.29. The molecular weight excluding hydrogens is 262 g/mol. The molecule has 3 N–H and O–H groups in total. The van der Waals surface area contributed by atoms with Crippen LogP contribution in [0.2, 0.25) is 0 Å². The highest BCUT2D eigenvalue weighted by atomic mass is 16.5. The van der Waals surface area contributed by atoms with E-state index in [-0.39, 0.29) is 11.5 Å². The van der Waals surface area contributed by atoms with Gasteiger partial charge < -0.3 is 4.74 Å². The predicted octanol–water partition coefficient (Wildman–Crippen LogP) is 2.94. The van der Waals surface area contributed by atoms with Crippen molar-refractivity contribution in [2.24, 2.45) is 5.84 Å². The SMILES string of the molecule is COc1cnccc1C(NN)c1ccc(C(C)(C)C)cc1. The van der Waals surface area contributed by atoms with E-state index in [1.165, 1.54) is 5.56 Å². The Morgan fingerprint density at radius 2 is 1.81 bits per heavy atom. The number of aromatic nitrogens is 1. The molecule has 1 atom stereocenters. The van der Waals surface area contributed by atoms with Gasteiger partial charge in [0.25, 0.3) is 0 Å². The number of nitrogens with zero attached hydrogens (tertiary/aromatic N) is 1. The van der Waals surface area contributed by atoms with Gasteiger partial charge in [-0.3, -0.25) is 10.8 Å². The molecule has 2 aromatic rings. The van der Waals surface area contributed by atoms with Crippen LogP contribution >= 0.6 is 0 Å². The number of benzene rings is 1.